The molecule has 0 saturated carbocycles. The number of carbonyl (C=O) groups excluding carboxylic acids is 1. The van der Waals surface area contributed by atoms with Gasteiger partial charge in [0.25, 0.3) is 0 Å². The summed E-state index contributed by atoms with van der Waals surface area (Å²) in [6, 6.07) is 1.36. The molecule has 1 aromatic rings. The SMILES string of the molecule is NC1NNCC1C(=O)c1ccncc1F. The molecule has 0 spiro atoms. The molecule has 1 aliphatic rings. The predicted octanol–water partition coefficient (Wildman–Crippen LogP) is -0.588. The molecule has 2 atom stereocenters. The summed E-state index contributed by atoms with van der Waals surface area (Å²) in [4.78, 5) is 15.4. The molecule has 2 unspecified atom stereocenters. The maximum atomic E-state index is 13.3. The summed E-state index contributed by atoms with van der Waals surface area (Å²) >= 11 is 0. The molecule has 0 amide bonds. The summed E-state index contributed by atoms with van der Waals surface area (Å²) in [5.74, 6) is -1.36. The van der Waals surface area contributed by atoms with Crippen molar-refractivity contribution in [3.8, 4) is 0 Å². The number of pyridine rings is 1. The zero-order valence-electron chi connectivity index (χ0n) is 7.90. The fourth-order valence-corrected chi connectivity index (χ4v) is 1.54. The van der Waals surface area contributed by atoms with E-state index in [0.29, 0.717) is 6.54 Å². The molecule has 2 rings (SSSR count). The van der Waals surface area contributed by atoms with Gasteiger partial charge in [0.15, 0.2) is 11.6 Å². The van der Waals surface area contributed by atoms with Crippen LogP contribution in [0.3, 0.4) is 0 Å². The van der Waals surface area contributed by atoms with Gasteiger partial charge in [0.05, 0.1) is 23.8 Å². The average Bonchev–Trinajstić information content (AvgIpc) is 2.64. The summed E-state index contributed by atoms with van der Waals surface area (Å²) in [5.41, 5.74) is 11.1. The molecule has 15 heavy (non-hydrogen) atoms. The van der Waals surface area contributed by atoms with Crippen LogP contribution in [0.1, 0.15) is 10.4 Å². The van der Waals surface area contributed by atoms with E-state index in [2.05, 4.69) is 15.8 Å². The Morgan fingerprint density at radius 1 is 1.67 bits per heavy atom. The highest BCUT2D eigenvalue weighted by Crippen LogP contribution is 2.14. The first-order valence-electron chi connectivity index (χ1n) is 4.58. The van der Waals surface area contributed by atoms with E-state index in [-0.39, 0.29) is 11.3 Å². The second-order valence-corrected chi connectivity index (χ2v) is 3.38. The van der Waals surface area contributed by atoms with E-state index >= 15 is 0 Å². The Hall–Kier alpha value is -1.37. The smallest absolute Gasteiger partial charge is 0.173 e. The van der Waals surface area contributed by atoms with Crippen molar-refractivity contribution in [2.75, 3.05) is 6.54 Å². The van der Waals surface area contributed by atoms with E-state index in [1.165, 1.54) is 12.3 Å². The maximum absolute atomic E-state index is 13.3. The van der Waals surface area contributed by atoms with Crippen LogP contribution in [0.25, 0.3) is 0 Å². The normalized spacial score (nSPS) is 25.5. The van der Waals surface area contributed by atoms with Crippen LogP contribution in [0.2, 0.25) is 0 Å². The van der Waals surface area contributed by atoms with Crippen LogP contribution in [-0.2, 0) is 0 Å². The van der Waals surface area contributed by atoms with Crippen LogP contribution in [0.15, 0.2) is 18.5 Å². The number of nitrogens with zero attached hydrogens (tertiary/aromatic N) is 1. The number of nitrogens with two attached hydrogens (primary N) is 1. The molecule has 1 aliphatic heterocycles. The van der Waals surface area contributed by atoms with Gasteiger partial charge in [0.2, 0.25) is 0 Å². The third-order valence-electron chi connectivity index (χ3n) is 2.40. The monoisotopic (exact) mass is 210 g/mol. The lowest BCUT2D eigenvalue weighted by molar-refractivity contribution is 0.0914. The Morgan fingerprint density at radius 3 is 3.07 bits per heavy atom. The summed E-state index contributed by atoms with van der Waals surface area (Å²) in [5, 5.41) is 0. The van der Waals surface area contributed by atoms with Crippen molar-refractivity contribution in [1.82, 2.24) is 15.8 Å². The summed E-state index contributed by atoms with van der Waals surface area (Å²) in [6.45, 7) is 0.405. The van der Waals surface area contributed by atoms with Gasteiger partial charge in [-0.3, -0.25) is 15.2 Å². The van der Waals surface area contributed by atoms with Crippen LogP contribution < -0.4 is 16.6 Å². The molecule has 0 bridgehead atoms. The number of hydrazine groups is 1. The van der Waals surface area contributed by atoms with Gasteiger partial charge >= 0.3 is 0 Å². The zero-order valence-corrected chi connectivity index (χ0v) is 7.90. The molecule has 1 fully saturated rings. The first kappa shape index (κ1) is 10.2. The maximum Gasteiger partial charge on any atom is 0.173 e. The molecule has 0 radical (unpaired) electrons. The second kappa shape index (κ2) is 4.01. The number of hydrogen-bond acceptors (Lipinski definition) is 5. The topological polar surface area (TPSA) is 80.0 Å². The number of aromatic nitrogens is 1. The van der Waals surface area contributed by atoms with Gasteiger partial charge in [-0.2, -0.15) is 0 Å². The highest BCUT2D eigenvalue weighted by molar-refractivity contribution is 5.98. The van der Waals surface area contributed by atoms with Gasteiger partial charge in [-0.1, -0.05) is 0 Å². The standard InChI is InChI=1S/C9H11FN4O/c10-7-4-12-2-1-5(7)8(15)6-3-13-14-9(6)11/h1-2,4,6,9,13-14H,3,11H2. The molecule has 1 aromatic heterocycles. The van der Waals surface area contributed by atoms with Crippen LogP contribution in [0.5, 0.6) is 0 Å². The van der Waals surface area contributed by atoms with Gasteiger partial charge in [-0.25, -0.2) is 9.82 Å². The van der Waals surface area contributed by atoms with E-state index in [0.717, 1.165) is 6.20 Å². The third-order valence-corrected chi connectivity index (χ3v) is 2.40. The Kier molecular flexibility index (Phi) is 2.72. The molecule has 0 aliphatic carbocycles. The van der Waals surface area contributed by atoms with E-state index in [4.69, 9.17) is 5.73 Å². The van der Waals surface area contributed by atoms with Crippen molar-refractivity contribution < 1.29 is 9.18 Å². The number of carbonyl (C=O) groups is 1. The molecular formula is C9H11FN4O. The molecule has 1 saturated heterocycles. The van der Waals surface area contributed by atoms with Gasteiger partial charge < -0.3 is 5.73 Å². The van der Waals surface area contributed by atoms with Crippen molar-refractivity contribution in [1.29, 1.82) is 0 Å². The summed E-state index contributed by atoms with van der Waals surface area (Å²) < 4.78 is 13.3. The minimum Gasteiger partial charge on any atom is -0.314 e. The van der Waals surface area contributed by atoms with E-state index in [9.17, 15) is 9.18 Å². The fraction of sp³-hybridized carbons (Fsp3) is 0.333. The summed E-state index contributed by atoms with van der Waals surface area (Å²) in [6.07, 6.45) is 1.93. The van der Waals surface area contributed by atoms with Gasteiger partial charge in [0.1, 0.15) is 0 Å². The van der Waals surface area contributed by atoms with Crippen molar-refractivity contribution >= 4 is 5.78 Å². The van der Waals surface area contributed by atoms with Gasteiger partial charge in [0, 0.05) is 12.7 Å². The molecule has 4 N–H and O–H groups in total. The second-order valence-electron chi connectivity index (χ2n) is 3.38. The lowest BCUT2D eigenvalue weighted by Crippen LogP contribution is -2.41. The molecular weight excluding hydrogens is 199 g/mol. The highest BCUT2D eigenvalue weighted by atomic mass is 19.1. The Morgan fingerprint density at radius 2 is 2.47 bits per heavy atom. The Bertz CT molecular complexity index is 384. The zero-order chi connectivity index (χ0) is 10.8. The van der Waals surface area contributed by atoms with Crippen LogP contribution >= 0.6 is 0 Å². The van der Waals surface area contributed by atoms with E-state index < -0.39 is 17.9 Å². The molecule has 6 heteroatoms. The minimum absolute atomic E-state index is 0.0379. The first-order valence-corrected chi connectivity index (χ1v) is 4.58. The van der Waals surface area contributed by atoms with Gasteiger partial charge in [-0.05, 0) is 6.07 Å². The lowest BCUT2D eigenvalue weighted by Gasteiger charge is -2.12. The van der Waals surface area contributed by atoms with E-state index in [1.54, 1.807) is 0 Å². The van der Waals surface area contributed by atoms with Crippen LogP contribution in [0, 0.1) is 11.7 Å². The Labute approximate surface area is 85.8 Å². The molecule has 2 heterocycles. The highest BCUT2D eigenvalue weighted by Gasteiger charge is 2.31. The summed E-state index contributed by atoms with van der Waals surface area (Å²) in [7, 11) is 0. The number of hydrogen-bond donors (Lipinski definition) is 3. The van der Waals surface area contributed by atoms with Crippen molar-refractivity contribution in [3.63, 3.8) is 0 Å². The van der Waals surface area contributed by atoms with Crippen molar-refractivity contribution in [3.05, 3.63) is 29.8 Å². The third kappa shape index (κ3) is 1.87. The average molecular weight is 210 g/mol. The molecule has 0 aromatic carbocycles. The first-order chi connectivity index (χ1) is 7.20. The number of ketones is 1. The quantitative estimate of drug-likeness (QED) is 0.569. The van der Waals surface area contributed by atoms with Crippen molar-refractivity contribution in [2.24, 2.45) is 11.7 Å². The minimum atomic E-state index is -0.610. The molecule has 80 valence electrons. The Balaban J connectivity index is 2.24. The van der Waals surface area contributed by atoms with Crippen LogP contribution in [-0.4, -0.2) is 23.5 Å². The van der Waals surface area contributed by atoms with Crippen molar-refractivity contribution in [2.45, 2.75) is 6.17 Å². The number of nitrogens with one attached hydrogen (secondary N) is 2. The van der Waals surface area contributed by atoms with E-state index in [1.807, 2.05) is 0 Å². The fourth-order valence-electron chi connectivity index (χ4n) is 1.54. The number of halogens is 1. The number of Topliss-reactive ketones (excluding diaryl/α,β-unsaturated/α-hetero) is 1. The van der Waals surface area contributed by atoms with Gasteiger partial charge in [-0.15, -0.1) is 0 Å². The lowest BCUT2D eigenvalue weighted by atomic mass is 9.97. The predicted molar refractivity (Wildman–Crippen MR) is 51.1 cm³/mol. The molecule has 5 nitrogen and oxygen atoms in total. The van der Waals surface area contributed by atoms with Crippen LogP contribution in [0.4, 0.5) is 4.39 Å². The number of rotatable bonds is 2. The largest absolute Gasteiger partial charge is 0.314 e.